The van der Waals surface area contributed by atoms with Crippen LogP contribution < -0.4 is 22.1 Å². The molecule has 0 unspecified atom stereocenters. The first-order valence-electron chi connectivity index (χ1n) is 17.0. The first-order chi connectivity index (χ1) is 23.6. The van der Waals surface area contributed by atoms with Crippen molar-refractivity contribution in [2.45, 2.75) is 123 Å². The van der Waals surface area contributed by atoms with Gasteiger partial charge in [-0.1, -0.05) is 30.3 Å². The second-order valence-electron chi connectivity index (χ2n) is 14.7. The van der Waals surface area contributed by atoms with Crippen molar-refractivity contribution in [1.29, 1.82) is 0 Å². The van der Waals surface area contributed by atoms with E-state index in [9.17, 15) is 28.8 Å². The van der Waals surface area contributed by atoms with Gasteiger partial charge in [-0.2, -0.15) is 4.90 Å². The first kappa shape index (κ1) is 44.6. The van der Waals surface area contributed by atoms with Crippen molar-refractivity contribution in [3.05, 3.63) is 35.9 Å². The van der Waals surface area contributed by atoms with E-state index in [4.69, 9.17) is 30.4 Å². The Kier molecular flexibility index (Phi) is 17.8. The molecule has 0 fully saturated rings. The van der Waals surface area contributed by atoms with E-state index in [1.54, 1.807) is 92.6 Å². The summed E-state index contributed by atoms with van der Waals surface area (Å²) in [4.78, 5) is 82.9. The number of carbonyl (C=O) groups excluding carboxylic acids is 6. The molecule has 0 heterocycles. The highest BCUT2D eigenvalue weighted by Gasteiger charge is 2.46. The van der Waals surface area contributed by atoms with Crippen LogP contribution in [0.15, 0.2) is 30.3 Å². The summed E-state index contributed by atoms with van der Waals surface area (Å²) in [6, 6.07) is 5.45. The fourth-order valence-corrected chi connectivity index (χ4v) is 4.42. The van der Waals surface area contributed by atoms with Crippen molar-refractivity contribution in [1.82, 2.24) is 20.4 Å². The van der Waals surface area contributed by atoms with Gasteiger partial charge in [0.05, 0.1) is 0 Å². The highest BCUT2D eigenvalue weighted by Crippen LogP contribution is 2.23. The molecule has 1 aromatic carbocycles. The molecule has 6 N–H and O–H groups in total. The lowest BCUT2D eigenvalue weighted by molar-refractivity contribution is -0.143. The molecule has 1 rings (SSSR count). The Morgan fingerprint density at radius 1 is 0.647 bits per heavy atom. The van der Waals surface area contributed by atoms with Crippen LogP contribution in [0.4, 0.5) is 19.2 Å². The largest absolute Gasteiger partial charge is 0.444 e. The minimum absolute atomic E-state index is 0.0382. The quantitative estimate of drug-likeness (QED) is 0.148. The SMILES string of the molecule is CC(C)(C)OC(=O)NCCNC(=O)[C@H](CCCN)N(C(=O)OC(C)(C)C)C(=O)[C@H](CCCN)N(C(=O)OCc1ccccc1)C(=O)OC(C)(C)C. The summed E-state index contributed by atoms with van der Waals surface area (Å²) in [6.07, 6.45) is -4.31. The maximum Gasteiger partial charge on any atom is 0.420 e. The maximum atomic E-state index is 14.7. The van der Waals surface area contributed by atoms with Crippen LogP contribution in [0.5, 0.6) is 0 Å². The van der Waals surface area contributed by atoms with Crippen molar-refractivity contribution < 1.29 is 47.7 Å². The molecule has 16 heteroatoms. The number of amides is 6. The van der Waals surface area contributed by atoms with Crippen LogP contribution in [-0.2, 0) is 35.1 Å². The molecule has 0 radical (unpaired) electrons. The Hall–Kier alpha value is -4.44. The number of hydrogen-bond donors (Lipinski definition) is 4. The van der Waals surface area contributed by atoms with Crippen molar-refractivity contribution in [2.24, 2.45) is 11.5 Å². The van der Waals surface area contributed by atoms with Crippen LogP contribution in [0, 0.1) is 0 Å². The molecule has 0 bridgehead atoms. The van der Waals surface area contributed by atoms with Crippen LogP contribution in [0.3, 0.4) is 0 Å². The van der Waals surface area contributed by atoms with Gasteiger partial charge >= 0.3 is 24.4 Å². The molecule has 2 atom stereocenters. The second kappa shape index (κ2) is 20.4. The third-order valence-electron chi connectivity index (χ3n) is 6.49. The minimum atomic E-state index is -1.71. The van der Waals surface area contributed by atoms with Gasteiger partial charge in [-0.15, -0.1) is 0 Å². The van der Waals surface area contributed by atoms with Crippen molar-refractivity contribution in [3.8, 4) is 0 Å². The smallest absolute Gasteiger partial charge is 0.420 e. The van der Waals surface area contributed by atoms with E-state index in [1.165, 1.54) is 0 Å². The lowest BCUT2D eigenvalue weighted by Crippen LogP contribution is -2.61. The number of alkyl carbamates (subject to hydrolysis) is 1. The topological polar surface area (TPSA) is 222 Å². The number of hydrogen-bond acceptors (Lipinski definition) is 12. The Bertz CT molecular complexity index is 1300. The third-order valence-corrected chi connectivity index (χ3v) is 6.49. The number of nitrogens with two attached hydrogens (primary N) is 2. The van der Waals surface area contributed by atoms with E-state index in [-0.39, 0.29) is 58.5 Å². The zero-order valence-corrected chi connectivity index (χ0v) is 31.5. The molecule has 0 spiro atoms. The molecule has 0 aliphatic heterocycles. The Morgan fingerprint density at radius 3 is 1.61 bits per heavy atom. The average Bonchev–Trinajstić information content (AvgIpc) is 2.99. The molecular formula is C35H58N6O10. The van der Waals surface area contributed by atoms with Gasteiger partial charge in [-0.05, 0) is 107 Å². The predicted octanol–water partition coefficient (Wildman–Crippen LogP) is 4.18. The van der Waals surface area contributed by atoms with E-state index in [1.807, 2.05) is 0 Å². The fraction of sp³-hybridized carbons (Fsp3) is 0.657. The van der Waals surface area contributed by atoms with Gasteiger partial charge in [0.25, 0.3) is 5.91 Å². The Morgan fingerprint density at radius 2 is 1.12 bits per heavy atom. The van der Waals surface area contributed by atoms with Crippen LogP contribution in [0.2, 0.25) is 0 Å². The number of nitrogens with one attached hydrogen (secondary N) is 2. The molecule has 6 amide bonds. The normalized spacial score (nSPS) is 12.8. The van der Waals surface area contributed by atoms with Crippen molar-refractivity contribution in [2.75, 3.05) is 26.2 Å². The molecule has 288 valence electrons. The molecule has 0 aliphatic rings. The van der Waals surface area contributed by atoms with E-state index in [2.05, 4.69) is 10.6 Å². The molecule has 0 aliphatic carbocycles. The monoisotopic (exact) mass is 722 g/mol. The summed E-state index contributed by atoms with van der Waals surface area (Å²) in [5.41, 5.74) is 9.22. The van der Waals surface area contributed by atoms with Crippen LogP contribution >= 0.6 is 0 Å². The van der Waals surface area contributed by atoms with Crippen molar-refractivity contribution in [3.63, 3.8) is 0 Å². The Labute approximate surface area is 301 Å². The van der Waals surface area contributed by atoms with Gasteiger partial charge < -0.3 is 41.0 Å². The minimum Gasteiger partial charge on any atom is -0.444 e. The Balaban J connectivity index is 3.64. The number of ether oxygens (including phenoxy) is 4. The van der Waals surface area contributed by atoms with Crippen LogP contribution in [0.1, 0.15) is 93.6 Å². The molecular weight excluding hydrogens is 664 g/mol. The number of imide groups is 2. The summed E-state index contributed by atoms with van der Waals surface area (Å²) in [7, 11) is 0. The summed E-state index contributed by atoms with van der Waals surface area (Å²) >= 11 is 0. The highest BCUT2D eigenvalue weighted by molar-refractivity contribution is 6.03. The summed E-state index contributed by atoms with van der Waals surface area (Å²) in [5.74, 6) is -1.88. The summed E-state index contributed by atoms with van der Waals surface area (Å²) in [6.45, 7) is 14.3. The molecule has 0 saturated carbocycles. The zero-order chi connectivity index (χ0) is 39.0. The lowest BCUT2D eigenvalue weighted by Gasteiger charge is -2.36. The third kappa shape index (κ3) is 17.4. The maximum absolute atomic E-state index is 14.7. The highest BCUT2D eigenvalue weighted by atomic mass is 16.6. The van der Waals surface area contributed by atoms with E-state index < -0.39 is 65.1 Å². The van der Waals surface area contributed by atoms with Crippen LogP contribution in [-0.4, -0.2) is 101 Å². The van der Waals surface area contributed by atoms with Gasteiger partial charge in [0, 0.05) is 13.1 Å². The molecule has 16 nitrogen and oxygen atoms in total. The van der Waals surface area contributed by atoms with Gasteiger partial charge in [-0.25, -0.2) is 24.1 Å². The molecule has 0 saturated heterocycles. The van der Waals surface area contributed by atoms with E-state index in [0.29, 0.717) is 15.4 Å². The first-order valence-corrected chi connectivity index (χ1v) is 17.0. The standard InChI is InChI=1S/C35H58N6O10/c1-33(2,3)49-29(44)39-22-21-38-27(42)25(17-13-19-36)40(31(46)50-34(4,5)6)28(43)26(18-14-20-37)41(32(47)51-35(7,8)9)30(45)48-23-24-15-11-10-12-16-24/h10-12,15-16,25-26H,13-14,17-23,36-37H2,1-9H3,(H,38,42)(H,39,44)/t25-,26-/m0/s1. The van der Waals surface area contributed by atoms with E-state index >= 15 is 0 Å². The van der Waals surface area contributed by atoms with Gasteiger partial charge in [0.2, 0.25) is 5.91 Å². The summed E-state index contributed by atoms with van der Waals surface area (Å²) < 4.78 is 21.8. The molecule has 51 heavy (non-hydrogen) atoms. The van der Waals surface area contributed by atoms with Crippen molar-refractivity contribution >= 4 is 36.2 Å². The number of benzene rings is 1. The fourth-order valence-electron chi connectivity index (χ4n) is 4.42. The number of carbonyl (C=O) groups is 6. The number of nitrogens with zero attached hydrogens (tertiary/aromatic N) is 2. The van der Waals surface area contributed by atoms with Gasteiger partial charge in [-0.3, -0.25) is 9.59 Å². The molecule has 0 aromatic heterocycles. The predicted molar refractivity (Wildman–Crippen MR) is 189 cm³/mol. The van der Waals surface area contributed by atoms with Gasteiger partial charge in [0.1, 0.15) is 35.5 Å². The molecule has 1 aromatic rings. The lowest BCUT2D eigenvalue weighted by atomic mass is 10.0. The number of rotatable bonds is 15. The average molecular weight is 723 g/mol. The van der Waals surface area contributed by atoms with Gasteiger partial charge in [0.15, 0.2) is 0 Å². The second-order valence-corrected chi connectivity index (χ2v) is 14.7. The zero-order valence-electron chi connectivity index (χ0n) is 31.5. The van der Waals surface area contributed by atoms with Crippen LogP contribution in [0.25, 0.3) is 0 Å². The van der Waals surface area contributed by atoms with E-state index in [0.717, 1.165) is 0 Å². The summed E-state index contributed by atoms with van der Waals surface area (Å²) in [5, 5.41) is 5.14.